The first kappa shape index (κ1) is 23.7. The number of nitrogen functional groups attached to an aromatic ring is 1. The molecule has 4 N–H and O–H groups in total. The number of halogens is 1. The summed E-state index contributed by atoms with van der Waals surface area (Å²) < 4.78 is 15.7. The molecule has 186 valence electrons. The quantitative estimate of drug-likeness (QED) is 0.445. The Morgan fingerprint density at radius 3 is 2.58 bits per heavy atom. The number of carbonyl (C=O) groups excluding carboxylic acids is 2. The first-order valence-corrected chi connectivity index (χ1v) is 12.2. The van der Waals surface area contributed by atoms with Gasteiger partial charge >= 0.3 is 0 Å². The molecule has 1 saturated heterocycles. The largest absolute Gasteiger partial charge is 0.383 e. The number of aromatic amines is 1. The van der Waals surface area contributed by atoms with Crippen molar-refractivity contribution in [3.8, 4) is 11.3 Å². The molecule has 3 aromatic rings. The second kappa shape index (κ2) is 9.56. The fraction of sp³-hybridized carbons (Fsp3) is 0.333. The number of allylic oxidation sites excluding steroid dienone is 2. The molecule has 2 amide bonds. The standard InChI is InChI=1S/C27H29FN6O2/c1-15(2)26(35)32-18-8-5-16(6-9-18)23-21(22-24(29)30-14-31-25(22)33-23)19-10-7-17(13-20(19)28)27(36)34-11-3-4-12-34/h5-6,8-9,14,17H,1,3-4,7,10-13H2,2H3,(H,32,35)(H3,29,30,31,33)/t17-/m0/s1. The molecule has 3 heterocycles. The SMILES string of the molecule is C=C(C)C(=O)Nc1ccc(-c2[nH]c3ncnc(N)c3c2C2=C(F)C[C@@H](C(=O)N3CCCC3)CC2)cc1. The minimum absolute atomic E-state index is 0.0519. The molecule has 8 nitrogen and oxygen atoms in total. The van der Waals surface area contributed by atoms with Gasteiger partial charge in [0, 0.05) is 42.3 Å². The highest BCUT2D eigenvalue weighted by molar-refractivity contribution is 6.05. The monoisotopic (exact) mass is 488 g/mol. The van der Waals surface area contributed by atoms with Gasteiger partial charge in [-0.15, -0.1) is 0 Å². The highest BCUT2D eigenvalue weighted by Gasteiger charge is 2.33. The van der Waals surface area contributed by atoms with Gasteiger partial charge in [-0.3, -0.25) is 9.59 Å². The van der Waals surface area contributed by atoms with Crippen LogP contribution < -0.4 is 11.1 Å². The van der Waals surface area contributed by atoms with Crippen LogP contribution in [0.15, 0.2) is 48.6 Å². The van der Waals surface area contributed by atoms with Gasteiger partial charge in [0.25, 0.3) is 5.91 Å². The lowest BCUT2D eigenvalue weighted by atomic mass is 9.83. The van der Waals surface area contributed by atoms with Crippen molar-refractivity contribution in [1.82, 2.24) is 19.9 Å². The smallest absolute Gasteiger partial charge is 0.250 e. The highest BCUT2D eigenvalue weighted by Crippen LogP contribution is 2.44. The van der Waals surface area contributed by atoms with Gasteiger partial charge < -0.3 is 20.9 Å². The molecule has 36 heavy (non-hydrogen) atoms. The summed E-state index contributed by atoms with van der Waals surface area (Å²) in [6.45, 7) is 6.81. The van der Waals surface area contributed by atoms with E-state index in [1.165, 1.54) is 6.33 Å². The third-order valence-corrected chi connectivity index (χ3v) is 7.00. The van der Waals surface area contributed by atoms with E-state index in [-0.39, 0.29) is 35.8 Å². The van der Waals surface area contributed by atoms with Crippen molar-refractivity contribution in [1.29, 1.82) is 0 Å². The van der Waals surface area contributed by atoms with Gasteiger partial charge in [-0.2, -0.15) is 0 Å². The number of rotatable bonds is 5. The summed E-state index contributed by atoms with van der Waals surface area (Å²) in [5.74, 6) is -0.584. The third kappa shape index (κ3) is 4.36. The van der Waals surface area contributed by atoms with Gasteiger partial charge in [-0.25, -0.2) is 14.4 Å². The number of fused-ring (bicyclic) bond motifs is 1. The van der Waals surface area contributed by atoms with Crippen molar-refractivity contribution in [2.45, 2.75) is 39.0 Å². The number of nitrogens with two attached hydrogens (primary N) is 1. The highest BCUT2D eigenvalue weighted by atomic mass is 19.1. The average Bonchev–Trinajstić information content (AvgIpc) is 3.53. The minimum atomic E-state index is -0.342. The number of aromatic nitrogens is 3. The van der Waals surface area contributed by atoms with Gasteiger partial charge in [0.1, 0.15) is 23.6 Å². The number of amides is 2. The number of anilines is 2. The second-order valence-electron chi connectivity index (χ2n) is 9.52. The Bertz CT molecular complexity index is 1390. The van der Waals surface area contributed by atoms with Crippen LogP contribution in [0.4, 0.5) is 15.9 Å². The van der Waals surface area contributed by atoms with Gasteiger partial charge in [0.2, 0.25) is 5.91 Å². The van der Waals surface area contributed by atoms with Crippen molar-refractivity contribution in [3.05, 3.63) is 54.1 Å². The number of carbonyl (C=O) groups is 2. The van der Waals surface area contributed by atoms with Crippen LogP contribution >= 0.6 is 0 Å². The number of likely N-dealkylation sites (tertiary alicyclic amines) is 1. The van der Waals surface area contributed by atoms with Crippen molar-refractivity contribution in [2.75, 3.05) is 24.1 Å². The van der Waals surface area contributed by atoms with Gasteiger partial charge in [-0.05, 0) is 55.9 Å². The van der Waals surface area contributed by atoms with E-state index in [0.29, 0.717) is 52.0 Å². The maximum absolute atomic E-state index is 15.7. The van der Waals surface area contributed by atoms with Gasteiger partial charge in [-0.1, -0.05) is 18.7 Å². The maximum atomic E-state index is 15.7. The predicted octanol–water partition coefficient (Wildman–Crippen LogP) is 4.82. The summed E-state index contributed by atoms with van der Waals surface area (Å²) in [5.41, 5.74) is 10.4. The van der Waals surface area contributed by atoms with Crippen LogP contribution in [0.5, 0.6) is 0 Å². The van der Waals surface area contributed by atoms with Crippen LogP contribution in [-0.4, -0.2) is 44.8 Å². The zero-order chi connectivity index (χ0) is 25.4. The zero-order valence-corrected chi connectivity index (χ0v) is 20.2. The van der Waals surface area contributed by atoms with Crippen LogP contribution in [0.25, 0.3) is 27.9 Å². The molecule has 1 aromatic carbocycles. The first-order chi connectivity index (χ1) is 17.3. The fourth-order valence-electron chi connectivity index (χ4n) is 5.09. The second-order valence-corrected chi connectivity index (χ2v) is 9.52. The van der Waals surface area contributed by atoms with Crippen LogP contribution in [0.1, 0.15) is 44.6 Å². The molecule has 2 aliphatic rings. The predicted molar refractivity (Wildman–Crippen MR) is 138 cm³/mol. The lowest BCUT2D eigenvalue weighted by molar-refractivity contribution is -0.134. The van der Waals surface area contributed by atoms with Crippen molar-refractivity contribution < 1.29 is 14.0 Å². The zero-order valence-electron chi connectivity index (χ0n) is 20.2. The van der Waals surface area contributed by atoms with Crippen molar-refractivity contribution in [3.63, 3.8) is 0 Å². The first-order valence-electron chi connectivity index (χ1n) is 12.2. The molecule has 5 rings (SSSR count). The number of nitrogens with zero attached hydrogens (tertiary/aromatic N) is 3. The van der Waals surface area contributed by atoms with Crippen molar-refractivity contribution >= 4 is 39.9 Å². The van der Waals surface area contributed by atoms with E-state index in [1.54, 1.807) is 19.1 Å². The molecule has 1 fully saturated rings. The number of H-pyrrole nitrogens is 1. The van der Waals surface area contributed by atoms with Crippen LogP contribution in [0.3, 0.4) is 0 Å². The summed E-state index contributed by atoms with van der Waals surface area (Å²) in [7, 11) is 0. The lowest BCUT2D eigenvalue weighted by Gasteiger charge is -2.27. The van der Waals surface area contributed by atoms with Gasteiger partial charge in [0.05, 0.1) is 11.1 Å². The molecule has 0 unspecified atom stereocenters. The Balaban J connectivity index is 1.52. The number of nitrogens with one attached hydrogen (secondary N) is 2. The molecule has 0 bridgehead atoms. The topological polar surface area (TPSA) is 117 Å². The fourth-order valence-corrected chi connectivity index (χ4v) is 5.09. The Hall–Kier alpha value is -4.01. The molecular formula is C27H29FN6O2. The summed E-state index contributed by atoms with van der Waals surface area (Å²) in [5, 5.41) is 3.35. The molecule has 2 aromatic heterocycles. The summed E-state index contributed by atoms with van der Waals surface area (Å²) >= 11 is 0. The molecule has 0 saturated carbocycles. The molecule has 0 radical (unpaired) electrons. The maximum Gasteiger partial charge on any atom is 0.250 e. The Morgan fingerprint density at radius 2 is 1.92 bits per heavy atom. The van der Waals surface area contributed by atoms with Crippen LogP contribution in [-0.2, 0) is 9.59 Å². The summed E-state index contributed by atoms with van der Waals surface area (Å²) in [6.07, 6.45) is 4.46. The van der Waals surface area contributed by atoms with Gasteiger partial charge in [0.15, 0.2) is 0 Å². The number of hydrogen-bond donors (Lipinski definition) is 3. The van der Waals surface area contributed by atoms with E-state index in [9.17, 15) is 9.59 Å². The van der Waals surface area contributed by atoms with E-state index in [4.69, 9.17) is 5.73 Å². The number of benzene rings is 1. The van der Waals surface area contributed by atoms with Crippen LogP contribution in [0, 0.1) is 5.92 Å². The van der Waals surface area contributed by atoms with E-state index >= 15 is 4.39 Å². The summed E-state index contributed by atoms with van der Waals surface area (Å²) in [4.78, 5) is 38.5. The van der Waals surface area contributed by atoms with Crippen molar-refractivity contribution in [2.24, 2.45) is 5.92 Å². The van der Waals surface area contributed by atoms with Crippen LogP contribution in [0.2, 0.25) is 0 Å². The van der Waals surface area contributed by atoms with E-state index < -0.39 is 0 Å². The average molecular weight is 489 g/mol. The number of hydrogen-bond acceptors (Lipinski definition) is 5. The molecule has 0 spiro atoms. The Morgan fingerprint density at radius 1 is 1.19 bits per heavy atom. The molecular weight excluding hydrogens is 459 g/mol. The third-order valence-electron chi connectivity index (χ3n) is 7.00. The van der Waals surface area contributed by atoms with E-state index in [0.717, 1.165) is 31.5 Å². The molecule has 1 atom stereocenters. The minimum Gasteiger partial charge on any atom is -0.383 e. The van der Waals surface area contributed by atoms with E-state index in [1.807, 2.05) is 17.0 Å². The lowest BCUT2D eigenvalue weighted by Crippen LogP contribution is -2.34. The Kier molecular flexibility index (Phi) is 6.30. The molecule has 1 aliphatic carbocycles. The molecule has 9 heteroatoms. The molecule has 1 aliphatic heterocycles. The Labute approximate surface area is 208 Å². The van der Waals surface area contributed by atoms with E-state index in [2.05, 4.69) is 26.8 Å². The summed E-state index contributed by atoms with van der Waals surface area (Å²) in [6, 6.07) is 7.23. The normalized spacial score (nSPS) is 18.1.